The van der Waals surface area contributed by atoms with Gasteiger partial charge in [0.25, 0.3) is 0 Å². The third-order valence-corrected chi connectivity index (χ3v) is 0. The minimum absolute atomic E-state index is 0. The van der Waals surface area contributed by atoms with Crippen LogP contribution in [-0.2, 0) is 0 Å². The van der Waals surface area contributed by atoms with E-state index in [0.717, 1.165) is 0 Å². The van der Waals surface area contributed by atoms with Gasteiger partial charge in [-0.15, -0.1) is 0 Å². The summed E-state index contributed by atoms with van der Waals surface area (Å²) in [6.07, 6.45) is 0. The summed E-state index contributed by atoms with van der Waals surface area (Å²) in [5, 5.41) is 7.00. The Labute approximate surface area is 84.6 Å². The molecule has 56 valence electrons. The second-order valence-corrected chi connectivity index (χ2v) is 0.894. The van der Waals surface area contributed by atoms with Crippen LogP contribution in [0.1, 0.15) is 0 Å². The standard InChI is InChI=1S/2C2H6N.2CH3.U/c2*1-3-2;;;/h2*1-2H3;2*1H3;/q4*-1;+4. The molecule has 0 saturated carbocycles. The first-order chi connectivity index (χ1) is 2.83. The third-order valence-electron chi connectivity index (χ3n) is 0. The summed E-state index contributed by atoms with van der Waals surface area (Å²) in [5.41, 5.74) is 0. The molecule has 0 aliphatic carbocycles. The van der Waals surface area contributed by atoms with Crippen LogP contribution in [0.25, 0.3) is 10.6 Å². The van der Waals surface area contributed by atoms with E-state index in [-0.39, 0.29) is 46.0 Å². The molecule has 0 bridgehead atoms. The molecule has 0 fully saturated rings. The Hall–Kier alpha value is 0.972. The molecule has 0 heterocycles. The smallest absolute Gasteiger partial charge is 0.668 e. The molecule has 0 N–H and O–H groups in total. The first kappa shape index (κ1) is 32.5. The van der Waals surface area contributed by atoms with Crippen LogP contribution in [0.15, 0.2) is 0 Å². The van der Waals surface area contributed by atoms with Crippen molar-refractivity contribution in [2.75, 3.05) is 28.2 Å². The maximum Gasteiger partial charge on any atom is 4.00 e. The fourth-order valence-corrected chi connectivity index (χ4v) is 0. The van der Waals surface area contributed by atoms with Gasteiger partial charge in [-0.05, 0) is 0 Å². The van der Waals surface area contributed by atoms with Crippen LogP contribution in [0.5, 0.6) is 0 Å². The predicted molar refractivity (Wildman–Crippen MR) is 43.2 cm³/mol. The minimum atomic E-state index is 0. The first-order valence-corrected chi connectivity index (χ1v) is 1.79. The van der Waals surface area contributed by atoms with Crippen LogP contribution >= 0.6 is 0 Å². The predicted octanol–water partition coefficient (Wildman–Crippen LogP) is 2.14. The molecule has 0 aromatic heterocycles. The van der Waals surface area contributed by atoms with E-state index >= 15 is 0 Å². The van der Waals surface area contributed by atoms with Gasteiger partial charge in [-0.2, -0.15) is 28.2 Å². The van der Waals surface area contributed by atoms with Crippen LogP contribution in [0.2, 0.25) is 0 Å². The summed E-state index contributed by atoms with van der Waals surface area (Å²) >= 11 is 0. The Morgan fingerprint density at radius 1 is 0.667 bits per heavy atom. The second kappa shape index (κ2) is 64.6. The van der Waals surface area contributed by atoms with Gasteiger partial charge in [0.2, 0.25) is 0 Å². The Balaban J connectivity index is -0.00000000889. The molecule has 0 aliphatic heterocycles. The summed E-state index contributed by atoms with van der Waals surface area (Å²) in [4.78, 5) is 0. The molecule has 0 radical (unpaired) electrons. The molecule has 0 saturated heterocycles. The number of hydrogen-bond donors (Lipinski definition) is 0. The van der Waals surface area contributed by atoms with Gasteiger partial charge in [0.05, 0.1) is 0 Å². The van der Waals surface area contributed by atoms with E-state index in [1.165, 1.54) is 0 Å². The molecule has 3 heteroatoms. The first-order valence-electron chi connectivity index (χ1n) is 1.79. The van der Waals surface area contributed by atoms with Crippen molar-refractivity contribution in [3.8, 4) is 0 Å². The van der Waals surface area contributed by atoms with Crippen LogP contribution in [-0.4, -0.2) is 28.2 Å². The Bertz CT molecular complexity index is 13.0. The number of nitrogens with zero attached hydrogens (tertiary/aromatic N) is 2. The van der Waals surface area contributed by atoms with Crippen molar-refractivity contribution in [2.24, 2.45) is 0 Å². The summed E-state index contributed by atoms with van der Waals surface area (Å²) in [7, 11) is 7.00. The zero-order chi connectivity index (χ0) is 5.41. The van der Waals surface area contributed by atoms with Crippen molar-refractivity contribution in [2.45, 2.75) is 0 Å². The van der Waals surface area contributed by atoms with Crippen molar-refractivity contribution in [3.05, 3.63) is 25.5 Å². The van der Waals surface area contributed by atoms with Crippen LogP contribution in [0.3, 0.4) is 0 Å². The van der Waals surface area contributed by atoms with Crippen LogP contribution in [0, 0.1) is 46.0 Å². The molecular weight excluding hydrogens is 338 g/mol. The van der Waals surface area contributed by atoms with Crippen molar-refractivity contribution < 1.29 is 31.1 Å². The van der Waals surface area contributed by atoms with Gasteiger partial charge in [-0.25, -0.2) is 0 Å². The van der Waals surface area contributed by atoms with Crippen molar-refractivity contribution in [1.29, 1.82) is 0 Å². The third kappa shape index (κ3) is 462. The quantitative estimate of drug-likeness (QED) is 0.595. The SMILES string of the molecule is C[N-]C.C[N-]C.[CH3-].[CH3-].[U+4]. The maximum atomic E-state index is 3.50. The van der Waals surface area contributed by atoms with E-state index in [1.54, 1.807) is 28.2 Å². The molecule has 0 amide bonds. The van der Waals surface area contributed by atoms with Crippen LogP contribution < -0.4 is 0 Å². The average Bonchev–Trinajstić information content (AvgIpc) is 1.39. The molecule has 0 atom stereocenters. The van der Waals surface area contributed by atoms with E-state index in [1.807, 2.05) is 0 Å². The van der Waals surface area contributed by atoms with Gasteiger partial charge < -0.3 is 25.5 Å². The normalized spacial score (nSPS) is 4.00. The summed E-state index contributed by atoms with van der Waals surface area (Å²) < 4.78 is 0. The summed E-state index contributed by atoms with van der Waals surface area (Å²) in [6, 6.07) is 0. The van der Waals surface area contributed by atoms with E-state index in [9.17, 15) is 0 Å². The van der Waals surface area contributed by atoms with E-state index in [2.05, 4.69) is 10.6 Å². The van der Waals surface area contributed by atoms with Gasteiger partial charge in [-0.1, -0.05) is 0 Å². The molecule has 0 aliphatic rings. The van der Waals surface area contributed by atoms with Gasteiger partial charge in [0, 0.05) is 0 Å². The Morgan fingerprint density at radius 3 is 0.667 bits per heavy atom. The molecule has 0 rings (SSSR count). The van der Waals surface area contributed by atoms with Gasteiger partial charge in [-0.3, -0.25) is 0 Å². The van der Waals surface area contributed by atoms with Crippen molar-refractivity contribution in [3.63, 3.8) is 0 Å². The Morgan fingerprint density at radius 2 is 0.667 bits per heavy atom. The fraction of sp³-hybridized carbons (Fsp3) is 0.667. The summed E-state index contributed by atoms with van der Waals surface area (Å²) in [6.45, 7) is 0. The minimum Gasteiger partial charge on any atom is -0.668 e. The molecule has 0 spiro atoms. The summed E-state index contributed by atoms with van der Waals surface area (Å²) in [5.74, 6) is 0. The molecule has 0 aromatic rings. The van der Waals surface area contributed by atoms with E-state index < -0.39 is 0 Å². The van der Waals surface area contributed by atoms with Crippen LogP contribution in [0.4, 0.5) is 0 Å². The maximum absolute atomic E-state index is 3.50. The second-order valence-electron chi connectivity index (χ2n) is 0.894. The van der Waals surface area contributed by atoms with Gasteiger partial charge in [0.15, 0.2) is 0 Å². The monoisotopic (exact) mass is 356 g/mol. The average molecular weight is 356 g/mol. The molecule has 0 unspecified atom stereocenters. The van der Waals surface area contributed by atoms with Crippen molar-refractivity contribution >= 4 is 0 Å². The van der Waals surface area contributed by atoms with E-state index in [4.69, 9.17) is 0 Å². The Kier molecular flexibility index (Phi) is 233. The topological polar surface area (TPSA) is 28.2 Å². The van der Waals surface area contributed by atoms with Gasteiger partial charge >= 0.3 is 31.1 Å². The molecule has 9 heavy (non-hydrogen) atoms. The fourth-order valence-electron chi connectivity index (χ4n) is 0. The zero-order valence-corrected chi connectivity index (χ0v) is 11.6. The molecule has 2 nitrogen and oxygen atoms in total. The zero-order valence-electron chi connectivity index (χ0n) is 7.39. The van der Waals surface area contributed by atoms with Gasteiger partial charge in [0.1, 0.15) is 0 Å². The van der Waals surface area contributed by atoms with Crippen molar-refractivity contribution in [1.82, 2.24) is 0 Å². The molecule has 0 aromatic carbocycles. The number of rotatable bonds is 0. The molecular formula is C6H18N2U. The van der Waals surface area contributed by atoms with E-state index in [0.29, 0.717) is 0 Å². The largest absolute Gasteiger partial charge is 4.00 e. The number of hydrogen-bond acceptors (Lipinski definition) is 0.